The zero-order valence-electron chi connectivity index (χ0n) is 13.1. The van der Waals surface area contributed by atoms with Gasteiger partial charge in [0.2, 0.25) is 0 Å². The van der Waals surface area contributed by atoms with Gasteiger partial charge in [-0.2, -0.15) is 5.10 Å². The lowest BCUT2D eigenvalue weighted by Crippen LogP contribution is -2.25. The molecule has 0 aliphatic heterocycles. The number of aryl methyl sites for hydroxylation is 1. The van der Waals surface area contributed by atoms with Crippen LogP contribution in [0.1, 0.15) is 35.7 Å². The van der Waals surface area contributed by atoms with Crippen LogP contribution in [0.25, 0.3) is 5.69 Å². The van der Waals surface area contributed by atoms with E-state index in [0.717, 1.165) is 29.9 Å². The summed E-state index contributed by atoms with van der Waals surface area (Å²) in [5.41, 5.74) is 3.16. The van der Waals surface area contributed by atoms with Gasteiger partial charge in [0.25, 0.3) is 0 Å². The summed E-state index contributed by atoms with van der Waals surface area (Å²) >= 11 is 0. The van der Waals surface area contributed by atoms with Gasteiger partial charge in [-0.1, -0.05) is 42.5 Å². The quantitative estimate of drug-likeness (QED) is 0.742. The zero-order chi connectivity index (χ0) is 15.8. The number of aromatic nitrogens is 3. The molecule has 1 heterocycles. The molecule has 0 spiro atoms. The molecular formula is C19H19N3O. The predicted octanol–water partition coefficient (Wildman–Crippen LogP) is 3.27. The lowest BCUT2D eigenvalue weighted by molar-refractivity contribution is 0.645. The molecule has 0 atom stereocenters. The summed E-state index contributed by atoms with van der Waals surface area (Å²) in [6.07, 6.45) is 2.24. The highest BCUT2D eigenvalue weighted by Gasteiger charge is 2.31. The van der Waals surface area contributed by atoms with E-state index >= 15 is 0 Å². The van der Waals surface area contributed by atoms with Crippen LogP contribution < -0.4 is 5.69 Å². The summed E-state index contributed by atoms with van der Waals surface area (Å²) in [6, 6.07) is 17.9. The highest BCUT2D eigenvalue weighted by molar-refractivity contribution is 5.34. The number of para-hydroxylation sites is 1. The van der Waals surface area contributed by atoms with Crippen LogP contribution in [0.4, 0.5) is 0 Å². The van der Waals surface area contributed by atoms with Gasteiger partial charge in [-0.25, -0.2) is 14.0 Å². The molecule has 1 aliphatic carbocycles. The van der Waals surface area contributed by atoms with Gasteiger partial charge in [-0.05, 0) is 43.0 Å². The van der Waals surface area contributed by atoms with Gasteiger partial charge in [0.15, 0.2) is 0 Å². The molecule has 4 nitrogen and oxygen atoms in total. The molecule has 0 bridgehead atoms. The van der Waals surface area contributed by atoms with E-state index in [1.165, 1.54) is 5.56 Å². The Morgan fingerprint density at radius 2 is 1.74 bits per heavy atom. The molecule has 1 fully saturated rings. The van der Waals surface area contributed by atoms with Crippen molar-refractivity contribution in [3.8, 4) is 5.69 Å². The molecule has 0 radical (unpaired) electrons. The van der Waals surface area contributed by atoms with Crippen LogP contribution in [0.3, 0.4) is 0 Å². The molecule has 116 valence electrons. The van der Waals surface area contributed by atoms with Crippen LogP contribution in [0.5, 0.6) is 0 Å². The second-order valence-electron chi connectivity index (χ2n) is 6.17. The molecule has 2 aromatic carbocycles. The highest BCUT2D eigenvalue weighted by Crippen LogP contribution is 2.39. The lowest BCUT2D eigenvalue weighted by atomic mass is 10.1. The fourth-order valence-electron chi connectivity index (χ4n) is 2.90. The van der Waals surface area contributed by atoms with Gasteiger partial charge in [0.1, 0.15) is 5.82 Å². The second kappa shape index (κ2) is 5.54. The first-order chi connectivity index (χ1) is 11.2. The molecule has 4 rings (SSSR count). The normalized spacial score (nSPS) is 14.1. The van der Waals surface area contributed by atoms with E-state index in [-0.39, 0.29) is 5.69 Å². The minimum atomic E-state index is -0.0543. The first-order valence-corrected chi connectivity index (χ1v) is 8.04. The fraction of sp³-hybridized carbons (Fsp3) is 0.263. The maximum atomic E-state index is 12.9. The summed E-state index contributed by atoms with van der Waals surface area (Å²) in [5, 5.41) is 4.65. The summed E-state index contributed by atoms with van der Waals surface area (Å²) in [6.45, 7) is 2.58. The topological polar surface area (TPSA) is 39.8 Å². The average molecular weight is 305 g/mol. The van der Waals surface area contributed by atoms with Gasteiger partial charge in [-0.15, -0.1) is 0 Å². The number of benzene rings is 2. The van der Waals surface area contributed by atoms with Crippen LogP contribution in [0.2, 0.25) is 0 Å². The SMILES string of the molecule is Cc1ccccc1Cn1nc(C2CC2)n(-c2ccccc2)c1=O. The van der Waals surface area contributed by atoms with Crippen molar-refractivity contribution in [1.29, 1.82) is 0 Å². The minimum absolute atomic E-state index is 0.0543. The third-order valence-electron chi connectivity index (χ3n) is 4.40. The summed E-state index contributed by atoms with van der Waals surface area (Å²) in [5.74, 6) is 1.32. The molecule has 0 unspecified atom stereocenters. The monoisotopic (exact) mass is 305 g/mol. The van der Waals surface area contributed by atoms with E-state index in [1.54, 1.807) is 9.25 Å². The van der Waals surface area contributed by atoms with Gasteiger partial charge < -0.3 is 0 Å². The van der Waals surface area contributed by atoms with Crippen molar-refractivity contribution in [2.45, 2.75) is 32.2 Å². The first-order valence-electron chi connectivity index (χ1n) is 8.04. The second-order valence-corrected chi connectivity index (χ2v) is 6.17. The Kier molecular flexibility index (Phi) is 3.37. The van der Waals surface area contributed by atoms with Gasteiger partial charge in [0.05, 0.1) is 12.2 Å². The average Bonchev–Trinajstić information content (AvgIpc) is 3.36. The van der Waals surface area contributed by atoms with Crippen molar-refractivity contribution >= 4 is 0 Å². The molecule has 1 aromatic heterocycles. The van der Waals surface area contributed by atoms with E-state index in [4.69, 9.17) is 0 Å². The smallest absolute Gasteiger partial charge is 0.247 e. The Morgan fingerprint density at radius 3 is 2.43 bits per heavy atom. The standard InChI is InChI=1S/C19H19N3O/c1-14-7-5-6-8-16(14)13-21-19(23)22(17-9-3-2-4-10-17)18(20-21)15-11-12-15/h2-10,15H,11-13H2,1H3. The molecular weight excluding hydrogens is 286 g/mol. The molecule has 1 aliphatic rings. The van der Waals surface area contributed by atoms with E-state index < -0.39 is 0 Å². The Hall–Kier alpha value is -2.62. The molecule has 0 amide bonds. The minimum Gasteiger partial charge on any atom is -0.247 e. The molecule has 0 saturated heterocycles. The van der Waals surface area contributed by atoms with Crippen molar-refractivity contribution in [2.24, 2.45) is 0 Å². The first kappa shape index (κ1) is 14.0. The molecule has 1 saturated carbocycles. The van der Waals surface area contributed by atoms with Crippen molar-refractivity contribution in [3.63, 3.8) is 0 Å². The van der Waals surface area contributed by atoms with Crippen molar-refractivity contribution in [1.82, 2.24) is 14.3 Å². The largest absolute Gasteiger partial charge is 0.350 e. The Labute approximate surface area is 135 Å². The summed E-state index contributed by atoms with van der Waals surface area (Å²) in [4.78, 5) is 12.9. The number of nitrogens with zero attached hydrogens (tertiary/aromatic N) is 3. The third-order valence-corrected chi connectivity index (χ3v) is 4.40. The molecule has 4 heteroatoms. The maximum absolute atomic E-state index is 12.9. The number of hydrogen-bond acceptors (Lipinski definition) is 2. The predicted molar refractivity (Wildman–Crippen MR) is 90.1 cm³/mol. The van der Waals surface area contributed by atoms with Crippen LogP contribution in [0, 0.1) is 6.92 Å². The van der Waals surface area contributed by atoms with Gasteiger partial charge >= 0.3 is 5.69 Å². The Balaban J connectivity index is 1.80. The molecule has 3 aromatic rings. The molecule has 0 N–H and O–H groups in total. The van der Waals surface area contributed by atoms with E-state index in [1.807, 2.05) is 42.5 Å². The van der Waals surface area contributed by atoms with Crippen molar-refractivity contribution in [2.75, 3.05) is 0 Å². The Bertz CT molecular complexity index is 888. The van der Waals surface area contributed by atoms with Crippen LogP contribution >= 0.6 is 0 Å². The molecule has 23 heavy (non-hydrogen) atoms. The van der Waals surface area contributed by atoms with Gasteiger partial charge in [-0.3, -0.25) is 0 Å². The number of rotatable bonds is 4. The van der Waals surface area contributed by atoms with Crippen LogP contribution in [-0.2, 0) is 6.54 Å². The summed E-state index contributed by atoms with van der Waals surface area (Å²) in [7, 11) is 0. The van der Waals surface area contributed by atoms with Crippen LogP contribution in [0.15, 0.2) is 59.4 Å². The number of hydrogen-bond donors (Lipinski definition) is 0. The summed E-state index contributed by atoms with van der Waals surface area (Å²) < 4.78 is 3.37. The van der Waals surface area contributed by atoms with E-state index in [0.29, 0.717) is 12.5 Å². The van der Waals surface area contributed by atoms with Crippen LogP contribution in [-0.4, -0.2) is 14.3 Å². The Morgan fingerprint density at radius 1 is 1.04 bits per heavy atom. The van der Waals surface area contributed by atoms with Crippen molar-refractivity contribution in [3.05, 3.63) is 82.0 Å². The lowest BCUT2D eigenvalue weighted by Gasteiger charge is -2.04. The fourth-order valence-corrected chi connectivity index (χ4v) is 2.90. The van der Waals surface area contributed by atoms with E-state index in [2.05, 4.69) is 24.2 Å². The third kappa shape index (κ3) is 2.61. The van der Waals surface area contributed by atoms with Gasteiger partial charge in [0, 0.05) is 5.92 Å². The maximum Gasteiger partial charge on any atom is 0.350 e. The highest BCUT2D eigenvalue weighted by atomic mass is 16.2. The zero-order valence-corrected chi connectivity index (χ0v) is 13.1. The van der Waals surface area contributed by atoms with Crippen molar-refractivity contribution < 1.29 is 0 Å². The van der Waals surface area contributed by atoms with E-state index in [9.17, 15) is 4.79 Å².